The molecule has 0 aliphatic heterocycles. The summed E-state index contributed by atoms with van der Waals surface area (Å²) >= 11 is 0. The summed E-state index contributed by atoms with van der Waals surface area (Å²) in [5, 5.41) is 19.0. The van der Waals surface area contributed by atoms with Gasteiger partial charge >= 0.3 is 5.97 Å². The Kier molecular flexibility index (Phi) is 5.48. The molecule has 0 fully saturated rings. The molecule has 2 heterocycles. The molecular weight excluding hydrogens is 398 g/mol. The standard InChI is InChI=1S/C22H21N5O4/c1-3-31-17-11-15(14-5-4-12(2)13(10-14)7-9-18(28)29)6-8-16(17)20-23-21-19(22(30)24-20)25-27-26-21/h4-6,8,10-11H,3,7,9H2,1-2H3,(H,28,29)(H2,23,24,25,26,27,30). The number of aromatic amines is 2. The smallest absolute Gasteiger partial charge is 0.303 e. The highest BCUT2D eigenvalue weighted by atomic mass is 16.5. The second-order valence-electron chi connectivity index (χ2n) is 7.10. The van der Waals surface area contributed by atoms with Crippen LogP contribution in [0.15, 0.2) is 41.2 Å². The number of fused-ring (bicyclic) bond motifs is 1. The molecule has 2 aromatic heterocycles. The number of H-pyrrole nitrogens is 2. The SMILES string of the molecule is CCOc1cc(-c2ccc(C)c(CCC(=O)O)c2)ccc1-c1nc2[nH]nnc2c(=O)[nH]1. The number of rotatable bonds is 7. The minimum atomic E-state index is -0.821. The first-order valence-electron chi connectivity index (χ1n) is 9.86. The lowest BCUT2D eigenvalue weighted by atomic mass is 9.96. The van der Waals surface area contributed by atoms with E-state index in [9.17, 15) is 9.59 Å². The summed E-state index contributed by atoms with van der Waals surface area (Å²) in [5.74, 6) is 0.103. The van der Waals surface area contributed by atoms with Crippen LogP contribution in [0, 0.1) is 6.92 Å². The number of hydrogen-bond acceptors (Lipinski definition) is 6. The van der Waals surface area contributed by atoms with Crippen LogP contribution < -0.4 is 10.3 Å². The monoisotopic (exact) mass is 419 g/mol. The average Bonchev–Trinajstić information content (AvgIpc) is 3.22. The van der Waals surface area contributed by atoms with Crippen molar-refractivity contribution in [1.82, 2.24) is 25.4 Å². The normalized spacial score (nSPS) is 11.0. The molecule has 9 nitrogen and oxygen atoms in total. The second kappa shape index (κ2) is 8.39. The van der Waals surface area contributed by atoms with Gasteiger partial charge in [0, 0.05) is 6.42 Å². The van der Waals surface area contributed by atoms with E-state index in [1.807, 2.05) is 50.2 Å². The predicted molar refractivity (Wildman–Crippen MR) is 115 cm³/mol. The third-order valence-corrected chi connectivity index (χ3v) is 5.03. The van der Waals surface area contributed by atoms with E-state index < -0.39 is 5.97 Å². The lowest BCUT2D eigenvalue weighted by Gasteiger charge is -2.13. The summed E-state index contributed by atoms with van der Waals surface area (Å²) in [4.78, 5) is 30.4. The number of carboxylic acid groups (broad SMARTS) is 1. The number of nitrogens with one attached hydrogen (secondary N) is 2. The Morgan fingerprint density at radius 1 is 1.16 bits per heavy atom. The number of aliphatic carboxylic acids is 1. The van der Waals surface area contributed by atoms with Gasteiger partial charge in [0.2, 0.25) is 0 Å². The van der Waals surface area contributed by atoms with Gasteiger partial charge in [-0.1, -0.05) is 29.5 Å². The minimum absolute atomic E-state index is 0.0807. The molecule has 0 atom stereocenters. The average molecular weight is 419 g/mol. The van der Waals surface area contributed by atoms with Gasteiger partial charge in [-0.25, -0.2) is 10.1 Å². The van der Waals surface area contributed by atoms with Gasteiger partial charge in [-0.05, 0) is 54.7 Å². The van der Waals surface area contributed by atoms with Gasteiger partial charge in [-0.2, -0.15) is 0 Å². The number of carbonyl (C=O) groups is 1. The first kappa shape index (κ1) is 20.3. The van der Waals surface area contributed by atoms with Gasteiger partial charge in [0.1, 0.15) is 11.6 Å². The van der Waals surface area contributed by atoms with Crippen LogP contribution in [0.3, 0.4) is 0 Å². The lowest BCUT2D eigenvalue weighted by Crippen LogP contribution is -2.10. The number of ether oxygens (including phenoxy) is 1. The van der Waals surface area contributed by atoms with Gasteiger partial charge in [0.25, 0.3) is 5.56 Å². The molecular formula is C22H21N5O4. The Bertz CT molecular complexity index is 1330. The highest BCUT2D eigenvalue weighted by Crippen LogP contribution is 2.33. The maximum atomic E-state index is 12.3. The van der Waals surface area contributed by atoms with Gasteiger partial charge in [0.15, 0.2) is 11.2 Å². The molecule has 0 saturated carbocycles. The summed E-state index contributed by atoms with van der Waals surface area (Å²) in [7, 11) is 0. The maximum Gasteiger partial charge on any atom is 0.303 e. The molecule has 2 aromatic carbocycles. The zero-order valence-electron chi connectivity index (χ0n) is 17.1. The molecule has 4 aromatic rings. The van der Waals surface area contributed by atoms with E-state index in [4.69, 9.17) is 9.84 Å². The van der Waals surface area contributed by atoms with E-state index in [2.05, 4.69) is 25.4 Å². The summed E-state index contributed by atoms with van der Waals surface area (Å²) in [6.45, 7) is 4.29. The molecule has 0 bridgehead atoms. The molecule has 0 spiro atoms. The van der Waals surface area contributed by atoms with Crippen molar-refractivity contribution in [3.63, 3.8) is 0 Å². The fraction of sp³-hybridized carbons (Fsp3) is 0.227. The molecule has 9 heteroatoms. The molecule has 0 radical (unpaired) electrons. The third-order valence-electron chi connectivity index (χ3n) is 5.03. The fourth-order valence-electron chi connectivity index (χ4n) is 3.42. The molecule has 0 aliphatic rings. The molecule has 31 heavy (non-hydrogen) atoms. The molecule has 0 amide bonds. The van der Waals surface area contributed by atoms with Gasteiger partial charge < -0.3 is 14.8 Å². The van der Waals surface area contributed by atoms with Gasteiger partial charge in [-0.15, -0.1) is 5.10 Å². The largest absolute Gasteiger partial charge is 0.493 e. The number of aryl methyl sites for hydroxylation is 2. The summed E-state index contributed by atoms with van der Waals surface area (Å²) in [6.07, 6.45) is 0.548. The van der Waals surface area contributed by atoms with Crippen molar-refractivity contribution in [3.8, 4) is 28.3 Å². The zero-order chi connectivity index (χ0) is 22.0. The Labute approximate surface area is 177 Å². The topological polar surface area (TPSA) is 134 Å². The van der Waals surface area contributed by atoms with E-state index in [0.29, 0.717) is 35.8 Å². The van der Waals surface area contributed by atoms with Crippen LogP contribution in [0.25, 0.3) is 33.7 Å². The highest BCUT2D eigenvalue weighted by molar-refractivity contribution is 5.77. The van der Waals surface area contributed by atoms with Crippen molar-refractivity contribution in [3.05, 3.63) is 57.9 Å². The summed E-state index contributed by atoms with van der Waals surface area (Å²) in [6, 6.07) is 11.6. The molecule has 0 unspecified atom stereocenters. The van der Waals surface area contributed by atoms with Gasteiger partial charge in [-0.3, -0.25) is 9.59 Å². The van der Waals surface area contributed by atoms with Crippen LogP contribution in [0.2, 0.25) is 0 Å². The number of carboxylic acids is 1. The van der Waals surface area contributed by atoms with E-state index in [-0.39, 0.29) is 17.5 Å². The van der Waals surface area contributed by atoms with Crippen molar-refractivity contribution in [1.29, 1.82) is 0 Å². The molecule has 4 rings (SSSR count). The van der Waals surface area contributed by atoms with Crippen molar-refractivity contribution >= 4 is 17.1 Å². The first-order chi connectivity index (χ1) is 15.0. The zero-order valence-corrected chi connectivity index (χ0v) is 17.1. The highest BCUT2D eigenvalue weighted by Gasteiger charge is 2.15. The number of hydrogen-bond donors (Lipinski definition) is 3. The van der Waals surface area contributed by atoms with E-state index in [1.54, 1.807) is 0 Å². The number of aromatic nitrogens is 5. The van der Waals surface area contributed by atoms with Crippen molar-refractivity contribution in [2.45, 2.75) is 26.7 Å². The Balaban J connectivity index is 1.76. The van der Waals surface area contributed by atoms with Crippen LogP contribution in [0.5, 0.6) is 5.75 Å². The van der Waals surface area contributed by atoms with Crippen LogP contribution in [0.4, 0.5) is 0 Å². The first-order valence-corrected chi connectivity index (χ1v) is 9.86. The van der Waals surface area contributed by atoms with Crippen molar-refractivity contribution in [2.75, 3.05) is 6.61 Å². The van der Waals surface area contributed by atoms with Crippen LogP contribution in [0.1, 0.15) is 24.5 Å². The molecule has 0 aliphatic carbocycles. The molecule has 0 saturated heterocycles. The van der Waals surface area contributed by atoms with Crippen LogP contribution >= 0.6 is 0 Å². The fourth-order valence-corrected chi connectivity index (χ4v) is 3.42. The second-order valence-corrected chi connectivity index (χ2v) is 7.10. The van der Waals surface area contributed by atoms with Crippen LogP contribution in [-0.2, 0) is 11.2 Å². The van der Waals surface area contributed by atoms with E-state index >= 15 is 0 Å². The van der Waals surface area contributed by atoms with E-state index in [1.165, 1.54) is 0 Å². The van der Waals surface area contributed by atoms with E-state index in [0.717, 1.165) is 22.3 Å². The van der Waals surface area contributed by atoms with Crippen LogP contribution in [-0.4, -0.2) is 43.1 Å². The molecule has 158 valence electrons. The maximum absolute atomic E-state index is 12.3. The predicted octanol–water partition coefficient (Wildman–Crippen LogP) is 3.10. The Morgan fingerprint density at radius 3 is 2.71 bits per heavy atom. The van der Waals surface area contributed by atoms with Crippen molar-refractivity contribution < 1.29 is 14.6 Å². The number of benzene rings is 2. The quantitative estimate of drug-likeness (QED) is 0.419. The minimum Gasteiger partial charge on any atom is -0.493 e. The molecule has 3 N–H and O–H groups in total. The van der Waals surface area contributed by atoms with Gasteiger partial charge in [0.05, 0.1) is 12.2 Å². The summed E-state index contributed by atoms with van der Waals surface area (Å²) in [5.41, 5.74) is 4.60. The lowest BCUT2D eigenvalue weighted by molar-refractivity contribution is -0.136. The third kappa shape index (κ3) is 4.16. The van der Waals surface area contributed by atoms with Crippen molar-refractivity contribution in [2.24, 2.45) is 0 Å². The Morgan fingerprint density at radius 2 is 1.94 bits per heavy atom. The summed E-state index contributed by atoms with van der Waals surface area (Å²) < 4.78 is 5.84. The Hall–Kier alpha value is -4.01. The number of nitrogens with zero attached hydrogens (tertiary/aromatic N) is 3.